The number of ether oxygens (including phenoxy) is 1. The Kier molecular flexibility index (Phi) is 7.02. The van der Waals surface area contributed by atoms with Gasteiger partial charge < -0.3 is 10.1 Å². The van der Waals surface area contributed by atoms with Gasteiger partial charge in [-0.2, -0.15) is 0 Å². The molecule has 3 aromatic carbocycles. The second kappa shape index (κ2) is 10.4. The zero-order chi connectivity index (χ0) is 26.1. The summed E-state index contributed by atoms with van der Waals surface area (Å²) in [5.41, 5.74) is 2.59. The van der Waals surface area contributed by atoms with Crippen molar-refractivity contribution in [1.82, 2.24) is 4.57 Å². The van der Waals surface area contributed by atoms with Gasteiger partial charge in [0.2, 0.25) is 0 Å². The fourth-order valence-corrected chi connectivity index (χ4v) is 5.63. The van der Waals surface area contributed by atoms with E-state index in [9.17, 15) is 9.59 Å². The highest BCUT2D eigenvalue weighted by Crippen LogP contribution is 2.32. The van der Waals surface area contributed by atoms with Gasteiger partial charge >= 0.3 is 0 Å². The molecule has 2 heterocycles. The molecule has 0 saturated carbocycles. The zero-order valence-electron chi connectivity index (χ0n) is 19.9. The number of rotatable bonds is 5. The summed E-state index contributed by atoms with van der Waals surface area (Å²) in [5.74, 6) is 0.273. The predicted octanol–water partition coefficient (Wildman–Crippen LogP) is 5.19. The number of hydrogen-bond acceptors (Lipinski definition) is 5. The molecule has 0 unspecified atom stereocenters. The van der Waals surface area contributed by atoms with Crippen LogP contribution in [-0.2, 0) is 4.79 Å². The van der Waals surface area contributed by atoms with Crippen molar-refractivity contribution in [3.63, 3.8) is 0 Å². The van der Waals surface area contributed by atoms with E-state index in [1.54, 1.807) is 55.0 Å². The molecule has 0 spiro atoms. The largest absolute Gasteiger partial charge is 0.497 e. The van der Waals surface area contributed by atoms with E-state index in [1.165, 1.54) is 11.3 Å². The van der Waals surface area contributed by atoms with Crippen LogP contribution >= 0.6 is 34.5 Å². The number of fused-ring (bicyclic) bond motifs is 1. The molecule has 1 amide bonds. The zero-order valence-corrected chi connectivity index (χ0v) is 22.2. The molecule has 4 aromatic rings. The van der Waals surface area contributed by atoms with E-state index in [4.69, 9.17) is 27.9 Å². The molecule has 9 heteroatoms. The Morgan fingerprint density at radius 2 is 1.84 bits per heavy atom. The molecule has 1 N–H and O–H groups in total. The van der Waals surface area contributed by atoms with Crippen LogP contribution in [0.4, 0.5) is 5.69 Å². The topological polar surface area (TPSA) is 72.7 Å². The second-order valence-electron chi connectivity index (χ2n) is 8.32. The number of amides is 1. The molecule has 6 nitrogen and oxygen atoms in total. The number of aromatic nitrogens is 1. The third-order valence-electron chi connectivity index (χ3n) is 5.98. The number of anilines is 1. The van der Waals surface area contributed by atoms with Crippen molar-refractivity contribution in [2.45, 2.75) is 13.0 Å². The normalized spacial score (nSPS) is 15.2. The molecule has 186 valence electrons. The van der Waals surface area contributed by atoms with Gasteiger partial charge in [-0.25, -0.2) is 4.99 Å². The van der Waals surface area contributed by atoms with Crippen LogP contribution in [0.2, 0.25) is 10.0 Å². The minimum absolute atomic E-state index is 0.287. The van der Waals surface area contributed by atoms with Crippen LogP contribution in [0.25, 0.3) is 6.08 Å². The summed E-state index contributed by atoms with van der Waals surface area (Å²) in [4.78, 5) is 32.6. The van der Waals surface area contributed by atoms with Gasteiger partial charge in [0.25, 0.3) is 11.5 Å². The molecule has 0 radical (unpaired) electrons. The molecule has 1 atom stereocenters. The van der Waals surface area contributed by atoms with Gasteiger partial charge in [-0.3, -0.25) is 14.2 Å². The minimum Gasteiger partial charge on any atom is -0.497 e. The number of carbonyl (C=O) groups is 1. The highest BCUT2D eigenvalue weighted by atomic mass is 35.5. The lowest BCUT2D eigenvalue weighted by Crippen LogP contribution is -2.40. The Labute approximate surface area is 226 Å². The van der Waals surface area contributed by atoms with E-state index < -0.39 is 6.04 Å². The van der Waals surface area contributed by atoms with Crippen molar-refractivity contribution in [2.75, 3.05) is 12.4 Å². The van der Waals surface area contributed by atoms with E-state index in [0.29, 0.717) is 47.6 Å². The number of nitrogens with zero attached hydrogens (tertiary/aromatic N) is 2. The van der Waals surface area contributed by atoms with Gasteiger partial charge in [-0.1, -0.05) is 77.0 Å². The first-order chi connectivity index (χ1) is 17.9. The monoisotopic (exact) mass is 549 g/mol. The quantitative estimate of drug-likeness (QED) is 0.372. The van der Waals surface area contributed by atoms with Crippen molar-refractivity contribution in [3.05, 3.63) is 125 Å². The van der Waals surface area contributed by atoms with E-state index >= 15 is 0 Å². The number of thiazole rings is 1. The number of methoxy groups -OCH3 is 1. The van der Waals surface area contributed by atoms with Crippen LogP contribution in [0, 0.1) is 0 Å². The molecule has 0 aliphatic carbocycles. The Bertz CT molecular complexity index is 1730. The molecular formula is C28H21Cl2N3O3S. The van der Waals surface area contributed by atoms with Crippen molar-refractivity contribution >= 4 is 52.2 Å². The molecule has 1 aliphatic rings. The number of halogens is 2. The fraction of sp³-hybridized carbons (Fsp3) is 0.107. The van der Waals surface area contributed by atoms with Crippen LogP contribution in [-0.4, -0.2) is 17.6 Å². The summed E-state index contributed by atoms with van der Waals surface area (Å²) < 4.78 is 7.41. The summed E-state index contributed by atoms with van der Waals surface area (Å²) >= 11 is 13.8. The molecule has 0 bridgehead atoms. The first-order valence-electron chi connectivity index (χ1n) is 11.3. The summed E-state index contributed by atoms with van der Waals surface area (Å²) in [5, 5.41) is 3.70. The van der Waals surface area contributed by atoms with Gasteiger partial charge in [-0.05, 0) is 54.5 Å². The van der Waals surface area contributed by atoms with Crippen LogP contribution in [0.15, 0.2) is 93.9 Å². The highest BCUT2D eigenvalue weighted by Gasteiger charge is 2.32. The van der Waals surface area contributed by atoms with Crippen molar-refractivity contribution in [2.24, 2.45) is 4.99 Å². The van der Waals surface area contributed by atoms with Gasteiger partial charge in [-0.15, -0.1) is 0 Å². The summed E-state index contributed by atoms with van der Waals surface area (Å²) in [6.07, 6.45) is 1.70. The van der Waals surface area contributed by atoms with Crippen molar-refractivity contribution in [3.8, 4) is 5.75 Å². The van der Waals surface area contributed by atoms with Crippen molar-refractivity contribution < 1.29 is 9.53 Å². The van der Waals surface area contributed by atoms with Crippen molar-refractivity contribution in [1.29, 1.82) is 0 Å². The maximum atomic E-state index is 13.8. The average Bonchev–Trinajstić information content (AvgIpc) is 3.20. The first kappa shape index (κ1) is 25.0. The number of hydrogen-bond donors (Lipinski definition) is 1. The van der Waals surface area contributed by atoms with E-state index in [0.717, 1.165) is 5.56 Å². The molecule has 1 aromatic heterocycles. The molecule has 5 rings (SSSR count). The maximum absolute atomic E-state index is 13.8. The van der Waals surface area contributed by atoms with Gasteiger partial charge in [0.05, 0.1) is 39.0 Å². The van der Waals surface area contributed by atoms with Crippen LogP contribution in [0.5, 0.6) is 5.75 Å². The fourth-order valence-electron chi connectivity index (χ4n) is 4.23. The molecule has 37 heavy (non-hydrogen) atoms. The van der Waals surface area contributed by atoms with Gasteiger partial charge in [0.15, 0.2) is 4.80 Å². The van der Waals surface area contributed by atoms with Crippen LogP contribution < -0.4 is 24.9 Å². The van der Waals surface area contributed by atoms with E-state index in [-0.39, 0.29) is 11.5 Å². The molecule has 0 saturated heterocycles. The third-order valence-corrected chi connectivity index (χ3v) is 7.79. The first-order valence-corrected chi connectivity index (χ1v) is 12.9. The third kappa shape index (κ3) is 4.85. The molecule has 1 aliphatic heterocycles. The minimum atomic E-state index is -0.716. The van der Waals surface area contributed by atoms with E-state index in [1.807, 2.05) is 42.5 Å². The number of nitrogens with one attached hydrogen (secondary N) is 1. The predicted molar refractivity (Wildman–Crippen MR) is 148 cm³/mol. The van der Waals surface area contributed by atoms with Crippen LogP contribution in [0.1, 0.15) is 24.1 Å². The van der Waals surface area contributed by atoms with Gasteiger partial charge in [0.1, 0.15) is 5.75 Å². The van der Waals surface area contributed by atoms with Crippen LogP contribution in [0.3, 0.4) is 0 Å². The second-order valence-corrected chi connectivity index (χ2v) is 10.1. The summed E-state index contributed by atoms with van der Waals surface area (Å²) in [7, 11) is 1.57. The number of allylic oxidation sites excluding steroid dienone is 1. The lowest BCUT2D eigenvalue weighted by molar-refractivity contribution is -0.113. The Morgan fingerprint density at radius 1 is 1.08 bits per heavy atom. The summed E-state index contributed by atoms with van der Waals surface area (Å²) in [6, 6.07) is 21.0. The number of benzene rings is 3. The smallest absolute Gasteiger partial charge is 0.271 e. The Morgan fingerprint density at radius 3 is 2.59 bits per heavy atom. The standard InChI is InChI=1S/C28H21Cl2N3O3S/c1-16-23(26(34)32-19-10-4-3-5-11-19)25(18-9-6-12-20(14-18)36-2)33-27(35)22(37-28(33)31-16)15-17-8-7-13-21(29)24(17)30/h3-15,25H,1-2H3,(H,32,34)/b22-15-/t25-/m1/s1. The summed E-state index contributed by atoms with van der Waals surface area (Å²) in [6.45, 7) is 1.78. The lowest BCUT2D eigenvalue weighted by Gasteiger charge is -2.25. The Hall–Kier alpha value is -3.65. The maximum Gasteiger partial charge on any atom is 0.271 e. The lowest BCUT2D eigenvalue weighted by atomic mass is 9.95. The highest BCUT2D eigenvalue weighted by molar-refractivity contribution is 7.07. The SMILES string of the molecule is COc1cccc([C@@H]2C(C(=O)Nc3ccccc3)=C(C)N=c3s/c(=C\c4cccc(Cl)c4Cl)c(=O)n32)c1. The van der Waals surface area contributed by atoms with Gasteiger partial charge in [0, 0.05) is 5.69 Å². The average molecular weight is 550 g/mol. The number of carbonyl (C=O) groups excluding carboxylic acids is 1. The number of para-hydroxylation sites is 1. The molecular weight excluding hydrogens is 529 g/mol. The Balaban J connectivity index is 1.71. The van der Waals surface area contributed by atoms with E-state index in [2.05, 4.69) is 10.3 Å². The molecule has 0 fully saturated rings.